The van der Waals surface area contributed by atoms with Gasteiger partial charge in [0, 0.05) is 7.11 Å². The van der Waals surface area contributed by atoms with Crippen LogP contribution in [0.3, 0.4) is 0 Å². The fraction of sp³-hybridized carbons (Fsp3) is 0.692. The zero-order chi connectivity index (χ0) is 13.9. The van der Waals surface area contributed by atoms with Crippen LogP contribution in [0.1, 0.15) is 45.6 Å². The highest BCUT2D eigenvalue weighted by Crippen LogP contribution is 2.29. The lowest BCUT2D eigenvalue weighted by atomic mass is 10.0. The lowest BCUT2D eigenvalue weighted by Crippen LogP contribution is -2.27. The zero-order valence-corrected chi connectivity index (χ0v) is 14.5. The maximum atomic E-state index is 6.21. The van der Waals surface area contributed by atoms with Gasteiger partial charge in [-0.1, -0.05) is 32.4 Å². The predicted octanol–water partition coefficient (Wildman–Crippen LogP) is 4.20. The minimum Gasteiger partial charge on any atom is -0.371 e. The molecule has 1 atom stereocenters. The predicted molar refractivity (Wildman–Crippen MR) is 83.0 cm³/mol. The first-order chi connectivity index (χ1) is 8.34. The van der Waals surface area contributed by atoms with Crippen LogP contribution in [0, 0.1) is 9.49 Å². The lowest BCUT2D eigenvalue weighted by Gasteiger charge is -2.26. The highest BCUT2D eigenvalue weighted by Gasteiger charge is 2.29. The summed E-state index contributed by atoms with van der Waals surface area (Å²) in [4.78, 5) is 9.04. The number of methoxy groups -OCH3 is 1. The number of ether oxygens (including phenoxy) is 1. The summed E-state index contributed by atoms with van der Waals surface area (Å²) in [6.45, 7) is 8.38. The molecule has 0 N–H and O–H groups in total. The summed E-state index contributed by atoms with van der Waals surface area (Å²) in [5.74, 6) is 1.21. The molecule has 1 aromatic heterocycles. The Bertz CT molecular complexity index is 420. The molecule has 1 aromatic rings. The Kier molecular flexibility index (Phi) is 5.80. The van der Waals surface area contributed by atoms with Crippen LogP contribution in [-0.4, -0.2) is 17.1 Å². The van der Waals surface area contributed by atoms with E-state index in [1.54, 1.807) is 7.11 Å². The second kappa shape index (κ2) is 6.48. The van der Waals surface area contributed by atoms with Crippen molar-refractivity contribution in [2.75, 3.05) is 7.11 Å². The Morgan fingerprint density at radius 3 is 2.44 bits per heavy atom. The van der Waals surface area contributed by atoms with E-state index < -0.39 is 5.60 Å². The van der Waals surface area contributed by atoms with Gasteiger partial charge in [-0.3, -0.25) is 0 Å². The van der Waals surface area contributed by atoms with Crippen LogP contribution >= 0.6 is 34.2 Å². The fourth-order valence-corrected chi connectivity index (χ4v) is 2.27. The molecule has 0 aliphatic carbocycles. The van der Waals surface area contributed by atoms with E-state index in [0.717, 1.165) is 22.1 Å². The van der Waals surface area contributed by atoms with E-state index in [1.165, 1.54) is 0 Å². The molecule has 0 saturated carbocycles. The molecule has 0 radical (unpaired) electrons. The summed E-state index contributed by atoms with van der Waals surface area (Å²) in [6, 6.07) is 0. The fourth-order valence-electron chi connectivity index (χ4n) is 1.62. The van der Waals surface area contributed by atoms with Crippen molar-refractivity contribution in [1.82, 2.24) is 9.97 Å². The van der Waals surface area contributed by atoms with Gasteiger partial charge in [0.25, 0.3) is 0 Å². The number of hydrogen-bond donors (Lipinski definition) is 0. The number of halogens is 2. The van der Waals surface area contributed by atoms with Crippen LogP contribution < -0.4 is 0 Å². The van der Waals surface area contributed by atoms with Gasteiger partial charge in [-0.2, -0.15) is 0 Å². The van der Waals surface area contributed by atoms with Crippen molar-refractivity contribution in [3.05, 3.63) is 20.2 Å². The number of rotatable bonds is 5. The van der Waals surface area contributed by atoms with Gasteiger partial charge >= 0.3 is 0 Å². The monoisotopic (exact) mass is 382 g/mol. The molecule has 0 aliphatic rings. The van der Waals surface area contributed by atoms with Crippen molar-refractivity contribution in [1.29, 1.82) is 0 Å². The second-order valence-corrected chi connectivity index (χ2v) is 6.42. The number of hydrogen-bond acceptors (Lipinski definition) is 3. The van der Waals surface area contributed by atoms with Gasteiger partial charge in [-0.25, -0.2) is 9.97 Å². The molecule has 0 bridgehead atoms. The minimum atomic E-state index is -0.473. The van der Waals surface area contributed by atoms with E-state index in [4.69, 9.17) is 16.3 Å². The first-order valence-corrected chi connectivity index (χ1v) is 7.57. The molecule has 18 heavy (non-hydrogen) atoms. The van der Waals surface area contributed by atoms with Crippen molar-refractivity contribution in [3.8, 4) is 0 Å². The average Bonchev–Trinajstić information content (AvgIpc) is 2.33. The third-order valence-corrected chi connectivity index (χ3v) is 4.81. The molecule has 3 nitrogen and oxygen atoms in total. The molecule has 5 heteroatoms. The van der Waals surface area contributed by atoms with Gasteiger partial charge in [-0.05, 0) is 48.3 Å². The Morgan fingerprint density at radius 2 is 2.00 bits per heavy atom. The molecule has 0 saturated heterocycles. The first-order valence-electron chi connectivity index (χ1n) is 6.11. The highest BCUT2D eigenvalue weighted by atomic mass is 127. The third kappa shape index (κ3) is 3.54. The average molecular weight is 383 g/mol. The van der Waals surface area contributed by atoms with Crippen molar-refractivity contribution in [2.45, 2.75) is 46.1 Å². The van der Waals surface area contributed by atoms with Crippen LogP contribution in [0.4, 0.5) is 0 Å². The first kappa shape index (κ1) is 16.1. The Morgan fingerprint density at radius 1 is 1.39 bits per heavy atom. The van der Waals surface area contributed by atoms with Crippen molar-refractivity contribution in [2.24, 2.45) is 5.92 Å². The van der Waals surface area contributed by atoms with Crippen molar-refractivity contribution in [3.63, 3.8) is 0 Å². The van der Waals surface area contributed by atoms with Crippen molar-refractivity contribution < 1.29 is 4.74 Å². The van der Waals surface area contributed by atoms with Gasteiger partial charge in [0.05, 0.1) is 9.26 Å². The van der Waals surface area contributed by atoms with E-state index in [1.807, 2.05) is 6.92 Å². The van der Waals surface area contributed by atoms with Crippen LogP contribution in [0.25, 0.3) is 0 Å². The second-order valence-electron chi connectivity index (χ2n) is 4.99. The molecule has 0 spiro atoms. The molecule has 0 amide bonds. The summed E-state index contributed by atoms with van der Waals surface area (Å²) < 4.78 is 6.49. The van der Waals surface area contributed by atoms with E-state index >= 15 is 0 Å². The van der Waals surface area contributed by atoms with Gasteiger partial charge in [0.2, 0.25) is 0 Å². The third-order valence-electron chi connectivity index (χ3n) is 3.08. The van der Waals surface area contributed by atoms with Crippen LogP contribution in [0.15, 0.2) is 0 Å². The van der Waals surface area contributed by atoms with Crippen LogP contribution in [0.2, 0.25) is 5.15 Å². The van der Waals surface area contributed by atoms with Gasteiger partial charge < -0.3 is 4.74 Å². The van der Waals surface area contributed by atoms with Gasteiger partial charge in [0.15, 0.2) is 5.82 Å². The number of aromatic nitrogens is 2. The molecule has 0 aliphatic heterocycles. The molecule has 102 valence electrons. The molecular formula is C13H20ClIN2O. The molecule has 1 heterocycles. The van der Waals surface area contributed by atoms with E-state index in [9.17, 15) is 0 Å². The maximum Gasteiger partial charge on any atom is 0.161 e. The largest absolute Gasteiger partial charge is 0.371 e. The quantitative estimate of drug-likeness (QED) is 0.565. The van der Waals surface area contributed by atoms with Gasteiger partial charge in [0.1, 0.15) is 10.8 Å². The van der Waals surface area contributed by atoms with Crippen molar-refractivity contribution >= 4 is 34.2 Å². The highest BCUT2D eigenvalue weighted by molar-refractivity contribution is 14.1. The molecule has 0 fully saturated rings. The molecule has 1 unspecified atom stereocenters. The van der Waals surface area contributed by atoms with E-state index in [-0.39, 0.29) is 0 Å². The molecule has 1 rings (SSSR count). The SMILES string of the molecule is CCC(C)(OC)c1nc(Cl)c(I)c(CC(C)C)n1. The summed E-state index contributed by atoms with van der Waals surface area (Å²) in [5.41, 5.74) is 0.539. The summed E-state index contributed by atoms with van der Waals surface area (Å²) in [7, 11) is 1.68. The summed E-state index contributed by atoms with van der Waals surface area (Å²) in [6.07, 6.45) is 1.71. The summed E-state index contributed by atoms with van der Waals surface area (Å²) in [5, 5.41) is 0.521. The van der Waals surface area contributed by atoms with Crippen LogP contribution in [-0.2, 0) is 16.8 Å². The minimum absolute atomic E-state index is 0.473. The molecular weight excluding hydrogens is 363 g/mol. The maximum absolute atomic E-state index is 6.21. The Labute approximate surface area is 128 Å². The van der Waals surface area contributed by atoms with E-state index in [0.29, 0.717) is 16.9 Å². The summed E-state index contributed by atoms with van der Waals surface area (Å²) >= 11 is 8.42. The Hall–Kier alpha value is 0.0600. The number of nitrogens with zero attached hydrogens (tertiary/aromatic N) is 2. The smallest absolute Gasteiger partial charge is 0.161 e. The standard InChI is InChI=1S/C13H20ClIN2O/c1-6-13(4,18-5)12-16-9(7-8(2)3)10(15)11(14)17-12/h8H,6-7H2,1-5H3. The van der Waals surface area contributed by atoms with Gasteiger partial charge in [-0.15, -0.1) is 0 Å². The van der Waals surface area contributed by atoms with E-state index in [2.05, 4.69) is 53.3 Å². The zero-order valence-electron chi connectivity index (χ0n) is 11.6. The Balaban J connectivity index is 3.27. The van der Waals surface area contributed by atoms with Crippen LogP contribution in [0.5, 0.6) is 0 Å². The molecule has 0 aromatic carbocycles. The lowest BCUT2D eigenvalue weighted by molar-refractivity contribution is -0.00921. The topological polar surface area (TPSA) is 35.0 Å². The normalized spacial score (nSPS) is 14.9.